The Kier molecular flexibility index (Phi) is 4.52. The van der Waals surface area contributed by atoms with Gasteiger partial charge in [0.2, 0.25) is 10.0 Å². The average Bonchev–Trinajstić information content (AvgIpc) is 2.91. The van der Waals surface area contributed by atoms with Gasteiger partial charge in [0.1, 0.15) is 5.75 Å². The van der Waals surface area contributed by atoms with Crippen LogP contribution in [0.25, 0.3) is 0 Å². The Morgan fingerprint density at radius 1 is 1.35 bits per heavy atom. The molecule has 1 aromatic carbocycles. The normalized spacial score (nSPS) is 11.8. The molecule has 0 spiro atoms. The van der Waals surface area contributed by atoms with Crippen LogP contribution in [0.5, 0.6) is 5.75 Å². The molecule has 1 aromatic heterocycles. The number of methoxy groups -OCH3 is 1. The van der Waals surface area contributed by atoms with E-state index in [1.807, 2.05) is 0 Å². The van der Waals surface area contributed by atoms with Crippen LogP contribution in [0.2, 0.25) is 0 Å². The number of nitrogens with zero attached hydrogens (tertiary/aromatic N) is 1. The molecular formula is C13H14BrNO4S. The van der Waals surface area contributed by atoms with Crippen LogP contribution in [-0.2, 0) is 16.6 Å². The van der Waals surface area contributed by atoms with E-state index in [1.165, 1.54) is 43.1 Å². The molecule has 0 unspecified atom stereocenters. The van der Waals surface area contributed by atoms with Crippen LogP contribution in [0.1, 0.15) is 5.56 Å². The van der Waals surface area contributed by atoms with Gasteiger partial charge in [-0.25, -0.2) is 8.42 Å². The molecule has 0 N–H and O–H groups in total. The van der Waals surface area contributed by atoms with Gasteiger partial charge >= 0.3 is 0 Å². The zero-order valence-corrected chi connectivity index (χ0v) is 13.4. The summed E-state index contributed by atoms with van der Waals surface area (Å²) in [6.07, 6.45) is 3.04. The van der Waals surface area contributed by atoms with Crippen LogP contribution in [0.4, 0.5) is 0 Å². The molecule has 0 saturated carbocycles. The summed E-state index contributed by atoms with van der Waals surface area (Å²) in [5, 5.41) is 0. The Hall–Kier alpha value is -1.31. The third kappa shape index (κ3) is 3.05. The number of rotatable bonds is 5. The Bertz CT molecular complexity index is 682. The van der Waals surface area contributed by atoms with Crippen molar-refractivity contribution >= 4 is 26.0 Å². The molecule has 2 aromatic rings. The molecule has 0 aliphatic carbocycles. The van der Waals surface area contributed by atoms with E-state index in [2.05, 4.69) is 15.9 Å². The van der Waals surface area contributed by atoms with Gasteiger partial charge in [-0.15, -0.1) is 0 Å². The molecule has 0 aliphatic heterocycles. The Labute approximate surface area is 126 Å². The first kappa shape index (κ1) is 15.1. The lowest BCUT2D eigenvalue weighted by atomic mass is 10.3. The first-order valence-corrected chi connectivity index (χ1v) is 7.99. The second kappa shape index (κ2) is 5.99. The maximum absolute atomic E-state index is 12.4. The molecule has 0 fully saturated rings. The third-order valence-corrected chi connectivity index (χ3v) is 5.24. The average molecular weight is 360 g/mol. The molecule has 0 amide bonds. The summed E-state index contributed by atoms with van der Waals surface area (Å²) in [4.78, 5) is 0.205. The lowest BCUT2D eigenvalue weighted by Gasteiger charge is -2.17. The molecule has 7 heteroatoms. The summed E-state index contributed by atoms with van der Waals surface area (Å²) < 4.78 is 36.8. The molecule has 0 bridgehead atoms. The van der Waals surface area contributed by atoms with Crippen molar-refractivity contribution in [2.45, 2.75) is 11.4 Å². The Balaban J connectivity index is 2.27. The van der Waals surface area contributed by atoms with Crippen molar-refractivity contribution in [3.05, 3.63) is 46.8 Å². The fraction of sp³-hybridized carbons (Fsp3) is 0.231. The van der Waals surface area contributed by atoms with Crippen LogP contribution in [-0.4, -0.2) is 26.9 Å². The van der Waals surface area contributed by atoms with E-state index in [0.717, 1.165) is 5.56 Å². The SMILES string of the molecule is COc1ccc(S(=O)(=O)N(C)Cc2ccoc2)cc1Br. The second-order valence-corrected chi connectivity index (χ2v) is 7.09. The molecule has 0 atom stereocenters. The van der Waals surface area contributed by atoms with Crippen LogP contribution in [0, 0.1) is 0 Å². The number of benzene rings is 1. The zero-order chi connectivity index (χ0) is 14.8. The standard InChI is InChI=1S/C13H14BrNO4S/c1-15(8-10-5-6-19-9-10)20(16,17)11-3-4-13(18-2)12(14)7-11/h3-7,9H,8H2,1-2H3. The van der Waals surface area contributed by atoms with Gasteiger partial charge in [-0.1, -0.05) is 0 Å². The molecule has 1 heterocycles. The van der Waals surface area contributed by atoms with Crippen molar-refractivity contribution in [2.75, 3.05) is 14.2 Å². The maximum Gasteiger partial charge on any atom is 0.243 e. The highest BCUT2D eigenvalue weighted by Crippen LogP contribution is 2.28. The van der Waals surface area contributed by atoms with Crippen molar-refractivity contribution in [3.63, 3.8) is 0 Å². The summed E-state index contributed by atoms with van der Waals surface area (Å²) in [5.74, 6) is 0.585. The number of ether oxygens (including phenoxy) is 1. The van der Waals surface area contributed by atoms with Crippen molar-refractivity contribution in [1.82, 2.24) is 4.31 Å². The van der Waals surface area contributed by atoms with Gasteiger partial charge in [0, 0.05) is 19.2 Å². The van der Waals surface area contributed by atoms with Gasteiger partial charge < -0.3 is 9.15 Å². The summed E-state index contributed by atoms with van der Waals surface area (Å²) >= 11 is 3.29. The molecule has 2 rings (SSSR count). The largest absolute Gasteiger partial charge is 0.496 e. The highest BCUT2D eigenvalue weighted by molar-refractivity contribution is 9.10. The number of furan rings is 1. The minimum Gasteiger partial charge on any atom is -0.496 e. The smallest absolute Gasteiger partial charge is 0.243 e. The molecule has 0 saturated heterocycles. The number of hydrogen-bond donors (Lipinski definition) is 0. The Morgan fingerprint density at radius 3 is 2.65 bits per heavy atom. The van der Waals surface area contributed by atoms with Gasteiger partial charge in [-0.05, 0) is 40.2 Å². The summed E-state index contributed by atoms with van der Waals surface area (Å²) in [6.45, 7) is 0.252. The summed E-state index contributed by atoms with van der Waals surface area (Å²) in [5.41, 5.74) is 0.795. The predicted molar refractivity (Wildman–Crippen MR) is 78.1 cm³/mol. The summed E-state index contributed by atoms with van der Waals surface area (Å²) in [6, 6.07) is 6.39. The van der Waals surface area contributed by atoms with E-state index >= 15 is 0 Å². The number of hydrogen-bond acceptors (Lipinski definition) is 4. The minimum absolute atomic E-state index is 0.205. The van der Waals surface area contributed by atoms with Crippen LogP contribution in [0.15, 0.2) is 50.6 Å². The first-order valence-electron chi connectivity index (χ1n) is 5.76. The zero-order valence-electron chi connectivity index (χ0n) is 11.0. The lowest BCUT2D eigenvalue weighted by molar-refractivity contribution is 0.411. The lowest BCUT2D eigenvalue weighted by Crippen LogP contribution is -2.26. The van der Waals surface area contributed by atoms with Crippen molar-refractivity contribution in [3.8, 4) is 5.75 Å². The molecule has 0 radical (unpaired) electrons. The van der Waals surface area contributed by atoms with Gasteiger partial charge in [0.15, 0.2) is 0 Å². The third-order valence-electron chi connectivity index (χ3n) is 2.82. The minimum atomic E-state index is -3.56. The quantitative estimate of drug-likeness (QED) is 0.823. The van der Waals surface area contributed by atoms with E-state index in [-0.39, 0.29) is 11.4 Å². The van der Waals surface area contributed by atoms with Gasteiger partial charge in [-0.2, -0.15) is 4.31 Å². The van der Waals surface area contributed by atoms with Crippen LogP contribution >= 0.6 is 15.9 Å². The van der Waals surface area contributed by atoms with Gasteiger partial charge in [-0.3, -0.25) is 0 Å². The highest BCUT2D eigenvalue weighted by atomic mass is 79.9. The van der Waals surface area contributed by atoms with E-state index in [4.69, 9.17) is 9.15 Å². The number of sulfonamides is 1. The maximum atomic E-state index is 12.4. The predicted octanol–water partition coefficient (Wildman–Crippen LogP) is 2.87. The van der Waals surface area contributed by atoms with E-state index in [1.54, 1.807) is 12.1 Å². The fourth-order valence-electron chi connectivity index (χ4n) is 1.71. The van der Waals surface area contributed by atoms with Crippen LogP contribution < -0.4 is 4.74 Å². The van der Waals surface area contributed by atoms with Gasteiger partial charge in [0.25, 0.3) is 0 Å². The fourth-order valence-corrected chi connectivity index (χ4v) is 3.59. The van der Waals surface area contributed by atoms with Crippen molar-refractivity contribution in [2.24, 2.45) is 0 Å². The van der Waals surface area contributed by atoms with Gasteiger partial charge in [0.05, 0.1) is 29.0 Å². The topological polar surface area (TPSA) is 59.8 Å². The van der Waals surface area contributed by atoms with E-state index in [0.29, 0.717) is 10.2 Å². The highest BCUT2D eigenvalue weighted by Gasteiger charge is 2.22. The first-order chi connectivity index (χ1) is 9.45. The summed E-state index contributed by atoms with van der Waals surface area (Å²) in [7, 11) is -0.501. The molecule has 108 valence electrons. The second-order valence-electron chi connectivity index (χ2n) is 4.19. The van der Waals surface area contributed by atoms with Crippen LogP contribution in [0.3, 0.4) is 0 Å². The van der Waals surface area contributed by atoms with E-state index in [9.17, 15) is 8.42 Å². The van der Waals surface area contributed by atoms with Crippen molar-refractivity contribution < 1.29 is 17.6 Å². The van der Waals surface area contributed by atoms with E-state index < -0.39 is 10.0 Å². The van der Waals surface area contributed by atoms with Crippen molar-refractivity contribution in [1.29, 1.82) is 0 Å². The number of halogens is 1. The molecular weight excluding hydrogens is 346 g/mol. The molecule has 5 nitrogen and oxygen atoms in total. The molecule has 20 heavy (non-hydrogen) atoms. The molecule has 0 aliphatic rings. The monoisotopic (exact) mass is 359 g/mol. The Morgan fingerprint density at radius 2 is 2.10 bits per heavy atom.